The molecule has 29 heavy (non-hydrogen) atoms. The SMILES string of the molecule is CS(=O)(=O)NCCn1c(Cc2cc3c(cc2I)OCO3)nc2c(N)nc(F)nc21. The molecule has 1 aromatic carbocycles. The first-order valence-corrected chi connectivity index (χ1v) is 11.4. The van der Waals surface area contributed by atoms with E-state index < -0.39 is 16.1 Å². The van der Waals surface area contributed by atoms with E-state index in [0.717, 1.165) is 15.4 Å². The van der Waals surface area contributed by atoms with E-state index >= 15 is 0 Å². The van der Waals surface area contributed by atoms with Crippen molar-refractivity contribution in [2.45, 2.75) is 13.0 Å². The highest BCUT2D eigenvalue weighted by atomic mass is 127. The summed E-state index contributed by atoms with van der Waals surface area (Å²) in [5.74, 6) is 1.76. The van der Waals surface area contributed by atoms with E-state index in [9.17, 15) is 12.8 Å². The molecule has 3 heterocycles. The molecular formula is C16H16FIN6O4S. The average Bonchev–Trinajstić information content (AvgIpc) is 3.19. The van der Waals surface area contributed by atoms with Crippen LogP contribution in [-0.4, -0.2) is 47.5 Å². The lowest BCUT2D eigenvalue weighted by Crippen LogP contribution is -2.26. The molecule has 3 aromatic rings. The van der Waals surface area contributed by atoms with Crippen LogP contribution in [0.5, 0.6) is 11.5 Å². The Morgan fingerprint density at radius 2 is 2.00 bits per heavy atom. The topological polar surface area (TPSA) is 134 Å². The Labute approximate surface area is 178 Å². The predicted octanol–water partition coefficient (Wildman–Crippen LogP) is 1.02. The number of nitrogens with zero attached hydrogens (tertiary/aromatic N) is 4. The number of ether oxygens (including phenoxy) is 2. The second-order valence-electron chi connectivity index (χ2n) is 6.37. The summed E-state index contributed by atoms with van der Waals surface area (Å²) in [6.45, 7) is 0.437. The summed E-state index contributed by atoms with van der Waals surface area (Å²) in [5, 5.41) is 0. The fraction of sp³-hybridized carbons (Fsp3) is 0.312. The first-order valence-electron chi connectivity index (χ1n) is 8.42. The number of rotatable bonds is 6. The summed E-state index contributed by atoms with van der Waals surface area (Å²) in [6.07, 6.45) is 0.455. The smallest absolute Gasteiger partial charge is 0.312 e. The number of anilines is 1. The second kappa shape index (κ2) is 7.53. The number of hydrogen-bond donors (Lipinski definition) is 2. The summed E-state index contributed by atoms with van der Waals surface area (Å²) in [5.41, 5.74) is 7.19. The molecule has 10 nitrogen and oxygen atoms in total. The Balaban J connectivity index is 1.75. The zero-order valence-corrected chi connectivity index (χ0v) is 18.1. The van der Waals surface area contributed by atoms with Gasteiger partial charge in [0.2, 0.25) is 16.8 Å². The lowest BCUT2D eigenvalue weighted by Gasteiger charge is -2.11. The number of imidazole rings is 1. The molecule has 1 aliphatic rings. The van der Waals surface area contributed by atoms with E-state index in [4.69, 9.17) is 15.2 Å². The molecule has 3 N–H and O–H groups in total. The Morgan fingerprint density at radius 1 is 1.28 bits per heavy atom. The van der Waals surface area contributed by atoms with Gasteiger partial charge < -0.3 is 19.8 Å². The van der Waals surface area contributed by atoms with Crippen molar-refractivity contribution in [3.63, 3.8) is 0 Å². The molecule has 0 saturated heterocycles. The van der Waals surface area contributed by atoms with Crippen LogP contribution in [0.2, 0.25) is 0 Å². The first-order chi connectivity index (χ1) is 13.7. The van der Waals surface area contributed by atoms with Crippen LogP contribution in [-0.2, 0) is 23.0 Å². The molecule has 13 heteroatoms. The van der Waals surface area contributed by atoms with Crippen molar-refractivity contribution >= 4 is 49.6 Å². The molecule has 0 radical (unpaired) electrons. The molecule has 2 aromatic heterocycles. The van der Waals surface area contributed by atoms with Gasteiger partial charge in [-0.1, -0.05) is 0 Å². The van der Waals surface area contributed by atoms with Crippen molar-refractivity contribution in [2.24, 2.45) is 0 Å². The Morgan fingerprint density at radius 3 is 2.72 bits per heavy atom. The van der Waals surface area contributed by atoms with Gasteiger partial charge in [-0.15, -0.1) is 0 Å². The van der Waals surface area contributed by atoms with Crippen molar-refractivity contribution in [2.75, 3.05) is 25.3 Å². The van der Waals surface area contributed by atoms with Crippen molar-refractivity contribution < 1.29 is 22.3 Å². The molecule has 4 rings (SSSR count). The van der Waals surface area contributed by atoms with Gasteiger partial charge in [0, 0.05) is 23.1 Å². The minimum Gasteiger partial charge on any atom is -0.454 e. The van der Waals surface area contributed by atoms with E-state index in [0.29, 0.717) is 23.7 Å². The lowest BCUT2D eigenvalue weighted by atomic mass is 10.1. The normalized spacial score (nSPS) is 13.3. The van der Waals surface area contributed by atoms with Crippen molar-refractivity contribution in [1.29, 1.82) is 0 Å². The van der Waals surface area contributed by atoms with Crippen molar-refractivity contribution in [1.82, 2.24) is 24.2 Å². The third kappa shape index (κ3) is 4.20. The standard InChI is InChI=1S/C16H16FIN6O4S/c1-29(25,26)20-2-3-24-12(21-13-14(19)22-16(17)23-15(13)24)5-8-4-10-11(6-9(8)18)28-7-27-10/h4,6,20H,2-3,5,7H2,1H3,(H2,19,22,23). The molecule has 0 unspecified atom stereocenters. The number of aromatic nitrogens is 4. The highest BCUT2D eigenvalue weighted by Crippen LogP contribution is 2.36. The highest BCUT2D eigenvalue weighted by molar-refractivity contribution is 14.1. The number of halogens is 2. The number of nitrogen functional groups attached to an aromatic ring is 1. The maximum absolute atomic E-state index is 13.8. The minimum absolute atomic E-state index is 0.0797. The maximum atomic E-state index is 13.8. The Hall–Kier alpha value is -2.26. The van der Waals surface area contributed by atoms with E-state index in [-0.39, 0.29) is 36.9 Å². The number of hydrogen-bond acceptors (Lipinski definition) is 8. The molecule has 0 spiro atoms. The number of nitrogens with one attached hydrogen (secondary N) is 1. The zero-order chi connectivity index (χ0) is 20.8. The van der Waals surface area contributed by atoms with Gasteiger partial charge in [0.1, 0.15) is 5.82 Å². The number of sulfonamides is 1. The largest absolute Gasteiger partial charge is 0.454 e. The van der Waals surface area contributed by atoms with E-state index in [1.165, 1.54) is 0 Å². The number of benzene rings is 1. The first kappa shape index (κ1) is 20.0. The molecule has 0 aliphatic carbocycles. The van der Waals surface area contributed by atoms with Crippen LogP contribution in [0.4, 0.5) is 10.2 Å². The summed E-state index contributed by atoms with van der Waals surface area (Å²) < 4.78 is 52.3. The van der Waals surface area contributed by atoms with Gasteiger partial charge in [-0.3, -0.25) is 0 Å². The van der Waals surface area contributed by atoms with Crippen LogP contribution in [0.3, 0.4) is 0 Å². The van der Waals surface area contributed by atoms with Gasteiger partial charge in [0.05, 0.1) is 6.26 Å². The Bertz CT molecular complexity index is 1220. The minimum atomic E-state index is -3.38. The molecule has 0 atom stereocenters. The van der Waals surface area contributed by atoms with Crippen LogP contribution >= 0.6 is 22.6 Å². The average molecular weight is 534 g/mol. The van der Waals surface area contributed by atoms with Gasteiger partial charge in [0.15, 0.2) is 28.5 Å². The van der Waals surface area contributed by atoms with Crippen LogP contribution in [0.15, 0.2) is 12.1 Å². The molecule has 0 fully saturated rings. The predicted molar refractivity (Wildman–Crippen MR) is 111 cm³/mol. The molecule has 1 aliphatic heterocycles. The van der Waals surface area contributed by atoms with Crippen LogP contribution in [0, 0.1) is 9.65 Å². The van der Waals surface area contributed by atoms with E-state index in [2.05, 4.69) is 42.3 Å². The third-order valence-electron chi connectivity index (χ3n) is 4.26. The van der Waals surface area contributed by atoms with Gasteiger partial charge in [-0.05, 0) is 40.3 Å². The lowest BCUT2D eigenvalue weighted by molar-refractivity contribution is 0.174. The zero-order valence-electron chi connectivity index (χ0n) is 15.1. The number of nitrogens with two attached hydrogens (primary N) is 1. The van der Waals surface area contributed by atoms with Gasteiger partial charge in [-0.2, -0.15) is 14.4 Å². The van der Waals surface area contributed by atoms with Crippen LogP contribution in [0.25, 0.3) is 11.2 Å². The molecule has 0 amide bonds. The fourth-order valence-electron chi connectivity index (χ4n) is 3.02. The molecule has 154 valence electrons. The van der Waals surface area contributed by atoms with Crippen molar-refractivity contribution in [3.05, 3.63) is 33.2 Å². The molecule has 0 bridgehead atoms. The van der Waals surface area contributed by atoms with Crippen LogP contribution < -0.4 is 19.9 Å². The fourth-order valence-corrected chi connectivity index (χ4v) is 4.11. The van der Waals surface area contributed by atoms with Crippen LogP contribution in [0.1, 0.15) is 11.4 Å². The van der Waals surface area contributed by atoms with E-state index in [1.807, 2.05) is 12.1 Å². The van der Waals surface area contributed by atoms with Gasteiger partial charge in [-0.25, -0.2) is 18.1 Å². The third-order valence-corrected chi connectivity index (χ3v) is 6.00. The monoisotopic (exact) mass is 534 g/mol. The second-order valence-corrected chi connectivity index (χ2v) is 9.37. The quantitative estimate of drug-likeness (QED) is 0.354. The summed E-state index contributed by atoms with van der Waals surface area (Å²) in [7, 11) is -3.38. The summed E-state index contributed by atoms with van der Waals surface area (Å²) in [6, 6.07) is 3.72. The molecule has 0 saturated carbocycles. The number of fused-ring (bicyclic) bond motifs is 2. The van der Waals surface area contributed by atoms with Gasteiger partial charge in [0.25, 0.3) is 0 Å². The summed E-state index contributed by atoms with van der Waals surface area (Å²) >= 11 is 2.19. The summed E-state index contributed by atoms with van der Waals surface area (Å²) in [4.78, 5) is 11.8. The van der Waals surface area contributed by atoms with Gasteiger partial charge >= 0.3 is 6.08 Å². The van der Waals surface area contributed by atoms with Crippen molar-refractivity contribution in [3.8, 4) is 11.5 Å². The molecular weight excluding hydrogens is 518 g/mol. The maximum Gasteiger partial charge on any atom is 0.312 e. The highest BCUT2D eigenvalue weighted by Gasteiger charge is 2.21. The Kier molecular flexibility index (Phi) is 5.20. The van der Waals surface area contributed by atoms with E-state index in [1.54, 1.807) is 4.57 Å².